The first-order valence-electron chi connectivity index (χ1n) is 23.6. The first-order chi connectivity index (χ1) is 32.6. The number of hydrogen-bond donors (Lipinski definition) is 5. The highest BCUT2D eigenvalue weighted by molar-refractivity contribution is 5.89. The Morgan fingerprint density at radius 2 is 0.806 bits per heavy atom. The van der Waals surface area contributed by atoms with Crippen molar-refractivity contribution < 1.29 is 85.6 Å². The van der Waals surface area contributed by atoms with Crippen molar-refractivity contribution in [1.82, 2.24) is 16.1 Å². The van der Waals surface area contributed by atoms with Gasteiger partial charge in [0.15, 0.2) is 5.78 Å². The third-order valence-corrected chi connectivity index (χ3v) is 8.38. The summed E-state index contributed by atoms with van der Waals surface area (Å²) >= 11 is 0. The van der Waals surface area contributed by atoms with Gasteiger partial charge in [0.05, 0.1) is 165 Å². The maximum Gasteiger partial charge on any atom is 0.431 e. The van der Waals surface area contributed by atoms with Crippen LogP contribution < -0.4 is 27.6 Å². The molecule has 0 aromatic heterocycles. The summed E-state index contributed by atoms with van der Waals surface area (Å²) in [7, 11) is 0. The second kappa shape index (κ2) is 49.7. The molecule has 0 heterocycles. The van der Waals surface area contributed by atoms with Crippen molar-refractivity contribution in [2.45, 2.75) is 77.4 Å². The fourth-order valence-electron chi connectivity index (χ4n) is 5.18. The van der Waals surface area contributed by atoms with Crippen molar-refractivity contribution in [3.8, 4) is 0 Å². The molecule has 23 heteroatoms. The van der Waals surface area contributed by atoms with Crippen LogP contribution in [0.3, 0.4) is 0 Å². The predicted molar refractivity (Wildman–Crippen MR) is 246 cm³/mol. The summed E-state index contributed by atoms with van der Waals surface area (Å²) in [6.45, 7) is 16.3. The highest BCUT2D eigenvalue weighted by Crippen LogP contribution is 2.08. The third-order valence-electron chi connectivity index (χ3n) is 8.38. The van der Waals surface area contributed by atoms with Gasteiger partial charge < -0.3 is 83.7 Å². The number of carbonyl (C=O) groups is 4. The van der Waals surface area contributed by atoms with Gasteiger partial charge in [0.2, 0.25) is 11.8 Å². The van der Waals surface area contributed by atoms with Crippen molar-refractivity contribution in [2.24, 2.45) is 11.5 Å². The average Bonchev–Trinajstić information content (AvgIpc) is 3.29. The Bertz CT molecular complexity index is 1140. The molecule has 0 rings (SSSR count). The van der Waals surface area contributed by atoms with Crippen LogP contribution in [0, 0.1) is 0 Å². The van der Waals surface area contributed by atoms with E-state index in [0.717, 1.165) is 0 Å². The molecule has 0 spiro atoms. The molecule has 23 nitrogen and oxygen atoms in total. The van der Waals surface area contributed by atoms with Crippen molar-refractivity contribution in [3.05, 3.63) is 0 Å². The lowest BCUT2D eigenvalue weighted by atomic mass is 10.0. The van der Waals surface area contributed by atoms with Crippen LogP contribution in [0.1, 0.15) is 65.7 Å². The lowest BCUT2D eigenvalue weighted by Crippen LogP contribution is -2.41. The van der Waals surface area contributed by atoms with Gasteiger partial charge in [-0.3, -0.25) is 19.2 Å². The molecular weight excluding hydrogens is 887 g/mol. The standard InChI is InChI=1S/C44H87N5O18/c1-44(2,3)67-43(53)49-66-38-37-65-24-19-54-14-6-8-40(50)39(48-42(52)10-16-56-21-26-60-30-34-64-36-32-62-28-23-58-18-12-46)7-4-5-13-47-41(51)9-15-55-20-25-59-29-33-63-35-31-61-27-22-57-17-11-45/h39H,4-38,45-46H2,1-3H3,(H,47,51)(H,48,52)(H,49,53)/t39-/m0/s1. The van der Waals surface area contributed by atoms with Crippen LogP contribution in [0.15, 0.2) is 0 Å². The van der Waals surface area contributed by atoms with Gasteiger partial charge >= 0.3 is 6.09 Å². The number of nitrogens with one attached hydrogen (secondary N) is 3. The maximum absolute atomic E-state index is 13.2. The van der Waals surface area contributed by atoms with Crippen LogP contribution >= 0.6 is 0 Å². The molecule has 0 saturated heterocycles. The highest BCUT2D eigenvalue weighted by Gasteiger charge is 2.20. The number of unbranched alkanes of at least 4 members (excludes halogenated alkanes) is 1. The van der Waals surface area contributed by atoms with Gasteiger partial charge in [-0.1, -0.05) is 0 Å². The first-order valence-corrected chi connectivity index (χ1v) is 23.6. The van der Waals surface area contributed by atoms with E-state index in [0.29, 0.717) is 184 Å². The zero-order valence-electron chi connectivity index (χ0n) is 40.8. The number of amides is 3. The number of ketones is 1. The molecule has 0 aliphatic rings. The van der Waals surface area contributed by atoms with Crippen LogP contribution in [0.4, 0.5) is 4.79 Å². The van der Waals surface area contributed by atoms with E-state index in [4.69, 9.17) is 77.9 Å². The van der Waals surface area contributed by atoms with Crippen LogP contribution in [-0.4, -0.2) is 220 Å². The van der Waals surface area contributed by atoms with Crippen LogP contribution in [0.25, 0.3) is 0 Å². The van der Waals surface area contributed by atoms with Crippen LogP contribution in [0.5, 0.6) is 0 Å². The summed E-state index contributed by atoms with van der Waals surface area (Å²) in [5.41, 5.74) is 12.3. The normalized spacial score (nSPS) is 12.0. The molecule has 7 N–H and O–H groups in total. The summed E-state index contributed by atoms with van der Waals surface area (Å²) in [5.74, 6) is -0.544. The molecule has 1 atom stereocenters. The number of carbonyl (C=O) groups excluding carboxylic acids is 4. The number of nitrogens with two attached hydrogens (primary N) is 2. The largest absolute Gasteiger partial charge is 0.442 e. The Kier molecular flexibility index (Phi) is 47.7. The molecule has 0 aliphatic carbocycles. The number of hydroxylamine groups is 1. The fraction of sp³-hybridized carbons (Fsp3) is 0.909. The summed E-state index contributed by atoms with van der Waals surface area (Å²) in [4.78, 5) is 55.0. The second-order valence-electron chi connectivity index (χ2n) is 15.4. The zero-order valence-corrected chi connectivity index (χ0v) is 40.8. The molecule has 396 valence electrons. The minimum atomic E-state index is -0.688. The van der Waals surface area contributed by atoms with E-state index in [1.54, 1.807) is 20.8 Å². The van der Waals surface area contributed by atoms with Gasteiger partial charge in [0, 0.05) is 45.5 Å². The van der Waals surface area contributed by atoms with Gasteiger partial charge in [-0.15, -0.1) is 0 Å². The Hall–Kier alpha value is -2.72. The van der Waals surface area contributed by atoms with Crippen molar-refractivity contribution in [3.63, 3.8) is 0 Å². The van der Waals surface area contributed by atoms with E-state index in [-0.39, 0.29) is 63.3 Å². The summed E-state index contributed by atoms with van der Waals surface area (Å²) in [6, 6.07) is -0.688. The van der Waals surface area contributed by atoms with Crippen molar-refractivity contribution in [2.75, 3.05) is 185 Å². The Morgan fingerprint density at radius 1 is 0.433 bits per heavy atom. The molecule has 0 fully saturated rings. The third kappa shape index (κ3) is 51.0. The molecule has 0 aromatic rings. The van der Waals surface area contributed by atoms with Crippen molar-refractivity contribution in [1.29, 1.82) is 0 Å². The van der Waals surface area contributed by atoms with E-state index in [9.17, 15) is 19.2 Å². The molecule has 0 aliphatic heterocycles. The Balaban J connectivity index is 4.32. The average molecular weight is 974 g/mol. The van der Waals surface area contributed by atoms with E-state index < -0.39 is 17.7 Å². The molecule has 0 radical (unpaired) electrons. The van der Waals surface area contributed by atoms with Gasteiger partial charge in [0.25, 0.3) is 0 Å². The molecule has 67 heavy (non-hydrogen) atoms. The van der Waals surface area contributed by atoms with E-state index in [1.807, 2.05) is 0 Å². The van der Waals surface area contributed by atoms with E-state index >= 15 is 0 Å². The Morgan fingerprint density at radius 3 is 1.22 bits per heavy atom. The lowest BCUT2D eigenvalue weighted by Gasteiger charge is -2.19. The monoisotopic (exact) mass is 974 g/mol. The molecular formula is C44H87N5O18. The van der Waals surface area contributed by atoms with Gasteiger partial charge in [-0.25, -0.2) is 4.79 Å². The van der Waals surface area contributed by atoms with Crippen LogP contribution in [0.2, 0.25) is 0 Å². The van der Waals surface area contributed by atoms with Crippen LogP contribution in [-0.2, 0) is 80.8 Å². The van der Waals surface area contributed by atoms with E-state index in [1.165, 1.54) is 0 Å². The first kappa shape index (κ1) is 64.3. The van der Waals surface area contributed by atoms with Gasteiger partial charge in [0.1, 0.15) is 5.60 Å². The predicted octanol–water partition coefficient (Wildman–Crippen LogP) is 0.460. The minimum Gasteiger partial charge on any atom is -0.442 e. The van der Waals surface area contributed by atoms with Gasteiger partial charge in [-0.05, 0) is 46.5 Å². The topological polar surface area (TPSA) is 286 Å². The molecule has 0 saturated carbocycles. The quantitative estimate of drug-likeness (QED) is 0.0409. The maximum atomic E-state index is 13.2. The number of Topliss-reactive ketones (excluding diaryl/α,β-unsaturated/α-hetero) is 1. The summed E-state index contributed by atoms with van der Waals surface area (Å²) in [5, 5.41) is 5.74. The minimum absolute atomic E-state index is 0.0808. The Labute approximate surface area is 398 Å². The fourth-order valence-corrected chi connectivity index (χ4v) is 5.18. The number of hydrogen-bond acceptors (Lipinski definition) is 20. The summed E-state index contributed by atoms with van der Waals surface area (Å²) in [6.07, 6.45) is 1.92. The SMILES string of the molecule is CC(C)(C)OC(=O)NOCCOCCOCCCC(=O)[C@H](CCCCNC(=O)CCOCCOCCOCCOCCOCCN)NC(=O)CCOCCOCCOCCOCCOCCN. The number of ether oxygens (including phenoxy) is 13. The molecule has 0 bridgehead atoms. The zero-order chi connectivity index (χ0) is 49.2. The highest BCUT2D eigenvalue weighted by atomic mass is 16.7. The van der Waals surface area contributed by atoms with E-state index in [2.05, 4.69) is 16.1 Å². The summed E-state index contributed by atoms with van der Waals surface area (Å²) < 4.78 is 70.3. The smallest absolute Gasteiger partial charge is 0.431 e. The second-order valence-corrected chi connectivity index (χ2v) is 15.4. The lowest BCUT2D eigenvalue weighted by molar-refractivity contribution is -0.129. The molecule has 0 unspecified atom stereocenters. The number of rotatable bonds is 52. The molecule has 0 aromatic carbocycles. The van der Waals surface area contributed by atoms with Crippen molar-refractivity contribution >= 4 is 23.7 Å². The molecule has 3 amide bonds. The van der Waals surface area contributed by atoms with Gasteiger partial charge in [-0.2, -0.15) is 5.48 Å².